The molecule has 2 aromatic rings. The Bertz CT molecular complexity index is 1160. The summed E-state index contributed by atoms with van der Waals surface area (Å²) in [6.07, 6.45) is 4.82. The molecule has 0 radical (unpaired) electrons. The van der Waals surface area contributed by atoms with E-state index in [1.807, 2.05) is 21.9 Å². The molecule has 1 aliphatic carbocycles. The number of carbonyl (C=O) groups excluding carboxylic acids is 3. The van der Waals surface area contributed by atoms with Gasteiger partial charge < -0.3 is 25.3 Å². The van der Waals surface area contributed by atoms with Gasteiger partial charge in [0, 0.05) is 62.9 Å². The molecular formula is C29H36FN5O3. The van der Waals surface area contributed by atoms with Crippen LogP contribution in [0.15, 0.2) is 42.5 Å². The summed E-state index contributed by atoms with van der Waals surface area (Å²) in [5.74, 6) is -0.410. The van der Waals surface area contributed by atoms with Crippen LogP contribution in [0.25, 0.3) is 0 Å². The van der Waals surface area contributed by atoms with Gasteiger partial charge >= 0.3 is 0 Å². The molecule has 8 nitrogen and oxygen atoms in total. The lowest BCUT2D eigenvalue weighted by atomic mass is 9.84. The van der Waals surface area contributed by atoms with E-state index >= 15 is 0 Å². The van der Waals surface area contributed by atoms with E-state index in [1.54, 1.807) is 6.07 Å². The Morgan fingerprint density at radius 1 is 0.789 bits per heavy atom. The first-order chi connectivity index (χ1) is 18.5. The quantitative estimate of drug-likeness (QED) is 0.631. The number of nitrogens with one attached hydrogen (secondary N) is 2. The number of nitrogens with zero attached hydrogens (tertiary/aromatic N) is 3. The van der Waals surface area contributed by atoms with Crippen LogP contribution in [-0.2, 0) is 4.79 Å². The highest BCUT2D eigenvalue weighted by Crippen LogP contribution is 2.31. The highest BCUT2D eigenvalue weighted by molar-refractivity contribution is 6.07. The zero-order valence-corrected chi connectivity index (χ0v) is 21.8. The average molecular weight is 522 g/mol. The van der Waals surface area contributed by atoms with E-state index in [9.17, 15) is 18.8 Å². The number of anilines is 2. The van der Waals surface area contributed by atoms with Crippen molar-refractivity contribution in [2.24, 2.45) is 5.92 Å². The minimum atomic E-state index is -0.410. The highest BCUT2D eigenvalue weighted by Gasteiger charge is 2.31. The first-order valence-corrected chi connectivity index (χ1v) is 13.7. The van der Waals surface area contributed by atoms with Crippen LogP contribution in [0.5, 0.6) is 0 Å². The van der Waals surface area contributed by atoms with Gasteiger partial charge in [-0.2, -0.15) is 0 Å². The SMILES string of the molecule is O=C(Nc1cc(C(=O)N2CCCNCC2)ccc1N1CCCN(C(=O)C2CCC2)CC1)c1ccc(F)cc1. The van der Waals surface area contributed by atoms with Gasteiger partial charge in [-0.1, -0.05) is 6.42 Å². The Morgan fingerprint density at radius 2 is 1.55 bits per heavy atom. The summed E-state index contributed by atoms with van der Waals surface area (Å²) in [6, 6.07) is 10.9. The molecule has 2 saturated heterocycles. The summed E-state index contributed by atoms with van der Waals surface area (Å²) in [5.41, 5.74) is 2.20. The van der Waals surface area contributed by atoms with Crippen molar-refractivity contribution in [3.8, 4) is 0 Å². The number of hydrogen-bond donors (Lipinski definition) is 2. The maximum Gasteiger partial charge on any atom is 0.255 e. The van der Waals surface area contributed by atoms with Gasteiger partial charge in [-0.15, -0.1) is 0 Å². The zero-order valence-electron chi connectivity index (χ0n) is 21.8. The normalized spacial score (nSPS) is 18.8. The van der Waals surface area contributed by atoms with Crippen LogP contribution in [0.3, 0.4) is 0 Å². The summed E-state index contributed by atoms with van der Waals surface area (Å²) >= 11 is 0. The van der Waals surface area contributed by atoms with Crippen LogP contribution in [0.2, 0.25) is 0 Å². The summed E-state index contributed by atoms with van der Waals surface area (Å²) in [7, 11) is 0. The number of amides is 3. The van der Waals surface area contributed by atoms with E-state index in [0.717, 1.165) is 64.0 Å². The summed E-state index contributed by atoms with van der Waals surface area (Å²) < 4.78 is 13.4. The van der Waals surface area contributed by atoms with E-state index in [2.05, 4.69) is 15.5 Å². The van der Waals surface area contributed by atoms with Crippen molar-refractivity contribution < 1.29 is 18.8 Å². The molecule has 5 rings (SSSR count). The molecule has 202 valence electrons. The fourth-order valence-corrected chi connectivity index (χ4v) is 5.36. The van der Waals surface area contributed by atoms with Crippen LogP contribution >= 0.6 is 0 Å². The topological polar surface area (TPSA) is 85.0 Å². The third kappa shape index (κ3) is 5.99. The van der Waals surface area contributed by atoms with Gasteiger partial charge in [0.15, 0.2) is 0 Å². The molecule has 0 aromatic heterocycles. The minimum absolute atomic E-state index is 0.0642. The molecule has 3 amide bonds. The zero-order chi connectivity index (χ0) is 26.5. The second kappa shape index (κ2) is 11.9. The number of benzene rings is 2. The lowest BCUT2D eigenvalue weighted by molar-refractivity contribution is -0.137. The van der Waals surface area contributed by atoms with E-state index in [0.29, 0.717) is 43.0 Å². The van der Waals surface area contributed by atoms with Crippen molar-refractivity contribution in [2.75, 3.05) is 62.6 Å². The number of halogens is 1. The molecule has 9 heteroatoms. The molecule has 2 aromatic carbocycles. The van der Waals surface area contributed by atoms with E-state index in [4.69, 9.17) is 0 Å². The molecule has 0 spiro atoms. The van der Waals surface area contributed by atoms with Crippen LogP contribution in [-0.4, -0.2) is 79.9 Å². The molecular weight excluding hydrogens is 485 g/mol. The minimum Gasteiger partial charge on any atom is -0.368 e. The van der Waals surface area contributed by atoms with Crippen molar-refractivity contribution in [1.82, 2.24) is 15.1 Å². The Kier molecular flexibility index (Phi) is 8.22. The second-order valence-corrected chi connectivity index (χ2v) is 10.4. The molecule has 2 aliphatic heterocycles. The van der Waals surface area contributed by atoms with Gasteiger partial charge in [-0.25, -0.2) is 4.39 Å². The molecule has 3 aliphatic rings. The van der Waals surface area contributed by atoms with Crippen molar-refractivity contribution in [2.45, 2.75) is 32.1 Å². The predicted octanol–water partition coefficient (Wildman–Crippen LogP) is 3.35. The highest BCUT2D eigenvalue weighted by atomic mass is 19.1. The Balaban J connectivity index is 1.39. The molecule has 2 N–H and O–H groups in total. The summed E-state index contributed by atoms with van der Waals surface area (Å²) in [6.45, 7) is 5.68. The van der Waals surface area contributed by atoms with Gasteiger partial charge in [0.1, 0.15) is 5.82 Å². The molecule has 0 unspecified atom stereocenters. The largest absolute Gasteiger partial charge is 0.368 e. The van der Waals surface area contributed by atoms with E-state index < -0.39 is 5.82 Å². The van der Waals surface area contributed by atoms with Crippen molar-refractivity contribution in [3.63, 3.8) is 0 Å². The lowest BCUT2D eigenvalue weighted by Crippen LogP contribution is -2.41. The summed E-state index contributed by atoms with van der Waals surface area (Å²) in [4.78, 5) is 45.3. The molecule has 0 atom stereocenters. The maximum absolute atomic E-state index is 13.4. The van der Waals surface area contributed by atoms with Gasteiger partial charge in [0.05, 0.1) is 11.4 Å². The van der Waals surface area contributed by atoms with Gasteiger partial charge in [-0.3, -0.25) is 14.4 Å². The maximum atomic E-state index is 13.4. The number of hydrogen-bond acceptors (Lipinski definition) is 5. The van der Waals surface area contributed by atoms with Gasteiger partial charge in [-0.05, 0) is 74.7 Å². The average Bonchev–Trinajstić information content (AvgIpc) is 3.31. The Morgan fingerprint density at radius 3 is 2.32 bits per heavy atom. The predicted molar refractivity (Wildman–Crippen MR) is 145 cm³/mol. The first-order valence-electron chi connectivity index (χ1n) is 13.7. The standard InChI is InChI=1S/C29H36FN5O3/c30-24-9-6-21(7-10-24)27(36)32-25-20-23(29(38)34-14-2-12-31-13-17-34)8-11-26(25)33-15-3-16-35(19-18-33)28(37)22-4-1-5-22/h6-11,20,22,31H,1-5,12-19H2,(H,32,36). The van der Waals surface area contributed by atoms with Gasteiger partial charge in [0.2, 0.25) is 5.91 Å². The second-order valence-electron chi connectivity index (χ2n) is 10.4. The van der Waals surface area contributed by atoms with Crippen LogP contribution in [0, 0.1) is 11.7 Å². The van der Waals surface area contributed by atoms with Crippen LogP contribution < -0.4 is 15.5 Å². The van der Waals surface area contributed by atoms with Crippen LogP contribution in [0.4, 0.5) is 15.8 Å². The molecule has 38 heavy (non-hydrogen) atoms. The van der Waals surface area contributed by atoms with E-state index in [1.165, 1.54) is 24.3 Å². The molecule has 2 heterocycles. The van der Waals surface area contributed by atoms with Crippen molar-refractivity contribution in [3.05, 3.63) is 59.4 Å². The molecule has 3 fully saturated rings. The third-order valence-electron chi connectivity index (χ3n) is 7.83. The van der Waals surface area contributed by atoms with Crippen molar-refractivity contribution >= 4 is 29.1 Å². The summed E-state index contributed by atoms with van der Waals surface area (Å²) in [5, 5.41) is 6.29. The number of carbonyl (C=O) groups is 3. The van der Waals surface area contributed by atoms with Crippen LogP contribution in [0.1, 0.15) is 52.8 Å². The monoisotopic (exact) mass is 521 g/mol. The van der Waals surface area contributed by atoms with Crippen molar-refractivity contribution in [1.29, 1.82) is 0 Å². The Labute approximate surface area is 223 Å². The third-order valence-corrected chi connectivity index (χ3v) is 7.83. The molecule has 0 bridgehead atoms. The Hall–Kier alpha value is -3.46. The smallest absolute Gasteiger partial charge is 0.255 e. The first kappa shape index (κ1) is 26.2. The number of rotatable bonds is 5. The molecule has 1 saturated carbocycles. The van der Waals surface area contributed by atoms with Gasteiger partial charge in [0.25, 0.3) is 11.8 Å². The fraction of sp³-hybridized carbons (Fsp3) is 0.483. The lowest BCUT2D eigenvalue weighted by Gasteiger charge is -2.31. The fourth-order valence-electron chi connectivity index (χ4n) is 5.36. The van der Waals surface area contributed by atoms with E-state index in [-0.39, 0.29) is 23.6 Å².